The summed E-state index contributed by atoms with van der Waals surface area (Å²) in [4.78, 5) is 40.3. The lowest BCUT2D eigenvalue weighted by molar-refractivity contribution is -0.126. The van der Waals surface area contributed by atoms with E-state index in [4.69, 9.17) is 14.9 Å². The lowest BCUT2D eigenvalue weighted by Gasteiger charge is -2.33. The van der Waals surface area contributed by atoms with Crippen LogP contribution < -0.4 is 21.0 Å². The zero-order chi connectivity index (χ0) is 21.2. The maximum absolute atomic E-state index is 13.8. The fraction of sp³-hybridized carbons (Fsp3) is 0.0909. The van der Waals surface area contributed by atoms with Crippen molar-refractivity contribution in [1.29, 1.82) is 5.26 Å². The second-order valence-corrected chi connectivity index (χ2v) is 6.97. The summed E-state index contributed by atoms with van der Waals surface area (Å²) in [5, 5.41) is 10.3. The molecule has 0 radical (unpaired) electrons. The summed E-state index contributed by atoms with van der Waals surface area (Å²) in [5.74, 6) is -1.61. The monoisotopic (exact) mass is 399 g/mol. The van der Waals surface area contributed by atoms with Gasteiger partial charge in [-0.3, -0.25) is 9.59 Å². The van der Waals surface area contributed by atoms with Crippen LogP contribution in [0, 0.1) is 11.3 Å². The number of imide groups is 1. The molecule has 0 unspecified atom stereocenters. The highest BCUT2D eigenvalue weighted by Crippen LogP contribution is 2.55. The highest BCUT2D eigenvalue weighted by atomic mass is 16.5. The van der Waals surface area contributed by atoms with Crippen LogP contribution in [0.3, 0.4) is 0 Å². The zero-order valence-electron chi connectivity index (χ0n) is 15.6. The first-order valence-corrected chi connectivity index (χ1v) is 9.02. The number of amides is 2. The summed E-state index contributed by atoms with van der Waals surface area (Å²) in [6, 6.07) is 15.0. The molecule has 2 aromatic carbocycles. The number of carbonyl (C=O) groups is 2. The van der Waals surface area contributed by atoms with E-state index < -0.39 is 22.9 Å². The van der Waals surface area contributed by atoms with Crippen LogP contribution in [-0.4, -0.2) is 11.8 Å². The van der Waals surface area contributed by atoms with Gasteiger partial charge in [0, 0.05) is 12.5 Å². The predicted molar refractivity (Wildman–Crippen MR) is 105 cm³/mol. The third kappa shape index (κ3) is 1.91. The van der Waals surface area contributed by atoms with Gasteiger partial charge in [0.05, 0.1) is 11.1 Å². The molecular formula is C22H13N3O5. The first-order valence-electron chi connectivity index (χ1n) is 9.02. The Kier molecular flexibility index (Phi) is 3.43. The Hall–Kier alpha value is -4.38. The summed E-state index contributed by atoms with van der Waals surface area (Å²) in [7, 11) is 0. The topological polar surface area (TPSA) is 127 Å². The van der Waals surface area contributed by atoms with Gasteiger partial charge in [-0.1, -0.05) is 30.3 Å². The number of para-hydroxylation sites is 2. The number of hydrogen-bond acceptors (Lipinski definition) is 7. The number of nitrogens with zero attached hydrogens (tertiary/aromatic N) is 2. The standard InChI is InChI=1S/C22H13N3O5/c1-11(26)25-15-8-4-3-7-13(15)22(21(25)28)14(10-23)19(24)30-18-12-6-2-5-9-16(12)29-20(27)17(18)22/h2-9H,24H2,1H3/t22-/m1/s1. The van der Waals surface area contributed by atoms with E-state index in [2.05, 4.69) is 0 Å². The average Bonchev–Trinajstić information content (AvgIpc) is 2.97. The first-order chi connectivity index (χ1) is 14.4. The van der Waals surface area contributed by atoms with Gasteiger partial charge in [-0.25, -0.2) is 9.69 Å². The molecule has 8 heteroatoms. The van der Waals surface area contributed by atoms with E-state index in [0.29, 0.717) is 5.39 Å². The van der Waals surface area contributed by atoms with Gasteiger partial charge in [0.2, 0.25) is 11.8 Å². The van der Waals surface area contributed by atoms with Crippen molar-refractivity contribution in [3.63, 3.8) is 0 Å². The van der Waals surface area contributed by atoms with Crippen LogP contribution >= 0.6 is 0 Å². The van der Waals surface area contributed by atoms with Gasteiger partial charge in [-0.15, -0.1) is 0 Å². The molecule has 30 heavy (non-hydrogen) atoms. The minimum absolute atomic E-state index is 0.0342. The minimum atomic E-state index is -1.95. The molecule has 5 rings (SSSR count). The maximum atomic E-state index is 13.8. The molecule has 1 aromatic heterocycles. The smallest absolute Gasteiger partial charge is 0.345 e. The van der Waals surface area contributed by atoms with Crippen LogP contribution in [0.4, 0.5) is 5.69 Å². The molecule has 3 aromatic rings. The quantitative estimate of drug-likeness (QED) is 0.573. The van der Waals surface area contributed by atoms with Crippen molar-refractivity contribution in [1.82, 2.24) is 0 Å². The van der Waals surface area contributed by atoms with Crippen molar-refractivity contribution in [3.05, 3.63) is 81.5 Å². The summed E-state index contributed by atoms with van der Waals surface area (Å²) >= 11 is 0. The van der Waals surface area contributed by atoms with E-state index in [9.17, 15) is 19.6 Å². The third-order valence-corrected chi connectivity index (χ3v) is 5.47. The third-order valence-electron chi connectivity index (χ3n) is 5.47. The van der Waals surface area contributed by atoms with Gasteiger partial charge in [0.15, 0.2) is 11.2 Å². The molecule has 1 spiro atoms. The highest BCUT2D eigenvalue weighted by molar-refractivity contribution is 6.25. The Balaban J connectivity index is 2.03. The second kappa shape index (κ2) is 5.81. The fourth-order valence-electron chi connectivity index (χ4n) is 4.33. The van der Waals surface area contributed by atoms with E-state index in [1.54, 1.807) is 48.5 Å². The van der Waals surface area contributed by atoms with E-state index >= 15 is 0 Å². The van der Waals surface area contributed by atoms with Gasteiger partial charge in [0.1, 0.15) is 22.8 Å². The fourth-order valence-corrected chi connectivity index (χ4v) is 4.33. The molecule has 0 saturated heterocycles. The lowest BCUT2D eigenvalue weighted by atomic mass is 9.69. The molecule has 2 amide bonds. The van der Waals surface area contributed by atoms with Gasteiger partial charge in [-0.2, -0.15) is 5.26 Å². The first kappa shape index (κ1) is 17.7. The van der Waals surface area contributed by atoms with Crippen molar-refractivity contribution in [3.8, 4) is 11.8 Å². The average molecular weight is 399 g/mol. The Morgan fingerprint density at radius 1 is 1.13 bits per heavy atom. The van der Waals surface area contributed by atoms with Crippen molar-refractivity contribution in [2.45, 2.75) is 12.3 Å². The normalized spacial score (nSPS) is 19.5. The molecule has 0 bridgehead atoms. The Morgan fingerprint density at radius 3 is 2.57 bits per heavy atom. The minimum Gasteiger partial charge on any atom is -0.439 e. The number of nitrogens with two attached hydrogens (primary N) is 1. The van der Waals surface area contributed by atoms with Crippen LogP contribution in [-0.2, 0) is 15.0 Å². The van der Waals surface area contributed by atoms with Crippen molar-refractivity contribution >= 4 is 28.5 Å². The number of hydrogen-bond donors (Lipinski definition) is 1. The SMILES string of the molecule is CC(=O)N1C(=O)[C@@]2(C(C#N)=C(N)Oc3c2c(=O)oc2ccccc32)c2ccccc21. The number of ether oxygens (including phenoxy) is 1. The Morgan fingerprint density at radius 2 is 1.83 bits per heavy atom. The largest absolute Gasteiger partial charge is 0.439 e. The summed E-state index contributed by atoms with van der Waals surface area (Å²) < 4.78 is 11.2. The Bertz CT molecular complexity index is 1430. The van der Waals surface area contributed by atoms with Gasteiger partial charge < -0.3 is 14.9 Å². The maximum Gasteiger partial charge on any atom is 0.345 e. The van der Waals surface area contributed by atoms with Crippen molar-refractivity contribution < 1.29 is 18.7 Å². The van der Waals surface area contributed by atoms with E-state index in [1.807, 2.05) is 6.07 Å². The summed E-state index contributed by atoms with van der Waals surface area (Å²) in [6.07, 6.45) is 0. The molecule has 146 valence electrons. The second-order valence-electron chi connectivity index (χ2n) is 6.97. The number of rotatable bonds is 0. The van der Waals surface area contributed by atoms with Crippen LogP contribution in [0.15, 0.2) is 69.2 Å². The van der Waals surface area contributed by atoms with Crippen LogP contribution in [0.1, 0.15) is 18.1 Å². The number of nitriles is 1. The number of anilines is 1. The summed E-state index contributed by atoms with van der Waals surface area (Å²) in [5.41, 5.74) is 3.66. The van der Waals surface area contributed by atoms with E-state index in [1.165, 1.54) is 6.92 Å². The lowest BCUT2D eigenvalue weighted by Crippen LogP contribution is -2.49. The molecule has 8 nitrogen and oxygen atoms in total. The van der Waals surface area contributed by atoms with Crippen LogP contribution in [0.5, 0.6) is 5.75 Å². The summed E-state index contributed by atoms with van der Waals surface area (Å²) in [6.45, 7) is 1.23. The number of benzene rings is 2. The van der Waals surface area contributed by atoms with Gasteiger partial charge in [0.25, 0.3) is 5.91 Å². The van der Waals surface area contributed by atoms with Crippen molar-refractivity contribution in [2.75, 3.05) is 4.90 Å². The molecule has 3 heterocycles. The molecule has 2 aliphatic heterocycles. The number of carbonyl (C=O) groups excluding carboxylic acids is 2. The van der Waals surface area contributed by atoms with E-state index in [0.717, 1.165) is 4.90 Å². The molecule has 0 fully saturated rings. The molecule has 2 N–H and O–H groups in total. The van der Waals surface area contributed by atoms with Crippen LogP contribution in [0.25, 0.3) is 11.0 Å². The molecule has 1 atom stereocenters. The Labute approximate surface area is 169 Å². The molecule has 2 aliphatic rings. The number of fused-ring (bicyclic) bond motifs is 6. The molecule has 0 aliphatic carbocycles. The highest BCUT2D eigenvalue weighted by Gasteiger charge is 2.62. The van der Waals surface area contributed by atoms with Crippen molar-refractivity contribution in [2.24, 2.45) is 5.73 Å². The molecule has 0 saturated carbocycles. The molecular weight excluding hydrogens is 386 g/mol. The van der Waals surface area contributed by atoms with E-state index in [-0.39, 0.29) is 39.6 Å². The zero-order valence-corrected chi connectivity index (χ0v) is 15.6. The van der Waals surface area contributed by atoms with Gasteiger partial charge in [-0.05, 0) is 18.2 Å². The predicted octanol–water partition coefficient (Wildman–Crippen LogP) is 2.06. The van der Waals surface area contributed by atoms with Crippen LogP contribution in [0.2, 0.25) is 0 Å². The van der Waals surface area contributed by atoms with Gasteiger partial charge >= 0.3 is 5.63 Å².